The molecule has 1 aromatic rings. The zero-order valence-electron chi connectivity index (χ0n) is 8.53. The lowest BCUT2D eigenvalue weighted by Crippen LogP contribution is -2.28. The molecule has 1 saturated carbocycles. The summed E-state index contributed by atoms with van der Waals surface area (Å²) in [5.41, 5.74) is 0. The Balaban J connectivity index is 1.89. The molecule has 14 heavy (non-hydrogen) atoms. The standard InChI is InChI=1S/C10H15N3O/c1-7-5-8(7)10(14)13(2)6-9-11-3-4-12-9/h3-4,7-8H,5-6H2,1-2H3,(H,11,12). The van der Waals surface area contributed by atoms with Gasteiger partial charge < -0.3 is 9.88 Å². The van der Waals surface area contributed by atoms with Crippen LogP contribution in [0.15, 0.2) is 12.4 Å². The highest BCUT2D eigenvalue weighted by Crippen LogP contribution is 2.38. The van der Waals surface area contributed by atoms with Crippen LogP contribution in [0.25, 0.3) is 0 Å². The number of rotatable bonds is 3. The molecule has 1 fully saturated rings. The Morgan fingerprint density at radius 3 is 3.00 bits per heavy atom. The van der Waals surface area contributed by atoms with Crippen LogP contribution in [-0.4, -0.2) is 27.8 Å². The van der Waals surface area contributed by atoms with Gasteiger partial charge in [-0.3, -0.25) is 4.79 Å². The first-order valence-electron chi connectivity index (χ1n) is 4.91. The fraction of sp³-hybridized carbons (Fsp3) is 0.600. The first-order valence-corrected chi connectivity index (χ1v) is 4.91. The highest BCUT2D eigenvalue weighted by molar-refractivity contribution is 5.81. The first-order chi connectivity index (χ1) is 6.68. The van der Waals surface area contributed by atoms with Gasteiger partial charge >= 0.3 is 0 Å². The van der Waals surface area contributed by atoms with Gasteiger partial charge in [-0.1, -0.05) is 6.92 Å². The van der Waals surface area contributed by atoms with E-state index >= 15 is 0 Å². The van der Waals surface area contributed by atoms with Gasteiger partial charge in [0.25, 0.3) is 0 Å². The summed E-state index contributed by atoms with van der Waals surface area (Å²) in [5, 5.41) is 0. The van der Waals surface area contributed by atoms with E-state index in [2.05, 4.69) is 16.9 Å². The van der Waals surface area contributed by atoms with E-state index in [0.29, 0.717) is 12.5 Å². The lowest BCUT2D eigenvalue weighted by Gasteiger charge is -2.15. The Bertz CT molecular complexity index is 320. The number of hydrogen-bond acceptors (Lipinski definition) is 2. The van der Waals surface area contributed by atoms with Crippen molar-refractivity contribution in [3.05, 3.63) is 18.2 Å². The van der Waals surface area contributed by atoms with Crippen molar-refractivity contribution in [3.8, 4) is 0 Å². The fourth-order valence-corrected chi connectivity index (χ4v) is 1.64. The minimum absolute atomic E-state index is 0.244. The summed E-state index contributed by atoms with van der Waals surface area (Å²) in [7, 11) is 1.83. The Morgan fingerprint density at radius 2 is 2.50 bits per heavy atom. The maximum Gasteiger partial charge on any atom is 0.226 e. The van der Waals surface area contributed by atoms with E-state index in [1.54, 1.807) is 17.3 Å². The van der Waals surface area contributed by atoms with Crippen LogP contribution in [0.1, 0.15) is 19.2 Å². The number of H-pyrrole nitrogens is 1. The number of imidazole rings is 1. The molecule has 1 aliphatic rings. The van der Waals surface area contributed by atoms with Crippen LogP contribution in [0.4, 0.5) is 0 Å². The van der Waals surface area contributed by atoms with Crippen LogP contribution in [0, 0.1) is 11.8 Å². The van der Waals surface area contributed by atoms with Gasteiger partial charge in [-0.05, 0) is 12.3 Å². The third-order valence-corrected chi connectivity index (χ3v) is 2.74. The molecule has 1 amide bonds. The molecule has 1 N–H and O–H groups in total. The molecule has 1 aliphatic carbocycles. The van der Waals surface area contributed by atoms with E-state index in [4.69, 9.17) is 0 Å². The number of carbonyl (C=O) groups excluding carboxylic acids is 1. The molecule has 0 saturated heterocycles. The van der Waals surface area contributed by atoms with E-state index < -0.39 is 0 Å². The van der Waals surface area contributed by atoms with Crippen LogP contribution in [0.3, 0.4) is 0 Å². The molecule has 4 nitrogen and oxygen atoms in total. The first kappa shape index (κ1) is 9.24. The summed E-state index contributed by atoms with van der Waals surface area (Å²) in [4.78, 5) is 20.5. The number of nitrogens with one attached hydrogen (secondary N) is 1. The number of aromatic amines is 1. The fourth-order valence-electron chi connectivity index (χ4n) is 1.64. The second kappa shape index (κ2) is 3.44. The third kappa shape index (κ3) is 1.78. The minimum Gasteiger partial charge on any atom is -0.347 e. The van der Waals surface area contributed by atoms with Crippen LogP contribution < -0.4 is 0 Å². The summed E-state index contributed by atoms with van der Waals surface area (Å²) in [6, 6.07) is 0. The zero-order chi connectivity index (χ0) is 10.1. The second-order valence-electron chi connectivity index (χ2n) is 4.05. The molecule has 2 unspecified atom stereocenters. The molecule has 0 spiro atoms. The van der Waals surface area contributed by atoms with Crippen molar-refractivity contribution in [2.75, 3.05) is 7.05 Å². The van der Waals surface area contributed by atoms with Crippen molar-refractivity contribution in [2.24, 2.45) is 11.8 Å². The smallest absolute Gasteiger partial charge is 0.226 e. The number of aromatic nitrogens is 2. The van der Waals surface area contributed by atoms with Gasteiger partial charge in [0.05, 0.1) is 6.54 Å². The van der Waals surface area contributed by atoms with E-state index in [9.17, 15) is 4.79 Å². The van der Waals surface area contributed by atoms with Crippen molar-refractivity contribution in [1.29, 1.82) is 0 Å². The predicted molar refractivity (Wildman–Crippen MR) is 52.3 cm³/mol. The molecule has 4 heteroatoms. The molecule has 2 atom stereocenters. The Hall–Kier alpha value is -1.32. The van der Waals surface area contributed by atoms with E-state index in [-0.39, 0.29) is 11.8 Å². The maximum absolute atomic E-state index is 11.7. The van der Waals surface area contributed by atoms with Gasteiger partial charge in [0.15, 0.2) is 0 Å². The molecule has 2 rings (SSSR count). The number of nitrogens with zero attached hydrogens (tertiary/aromatic N) is 2. The lowest BCUT2D eigenvalue weighted by atomic mass is 10.3. The van der Waals surface area contributed by atoms with Crippen LogP contribution >= 0.6 is 0 Å². The van der Waals surface area contributed by atoms with Crippen LogP contribution in [0.5, 0.6) is 0 Å². The van der Waals surface area contributed by atoms with Crippen LogP contribution in [-0.2, 0) is 11.3 Å². The van der Waals surface area contributed by atoms with Gasteiger partial charge in [-0.25, -0.2) is 4.98 Å². The number of hydrogen-bond donors (Lipinski definition) is 1. The largest absolute Gasteiger partial charge is 0.347 e. The Kier molecular flexibility index (Phi) is 2.27. The van der Waals surface area contributed by atoms with E-state index in [1.165, 1.54) is 0 Å². The van der Waals surface area contributed by atoms with Gasteiger partial charge in [0.1, 0.15) is 5.82 Å². The van der Waals surface area contributed by atoms with Crippen molar-refractivity contribution in [1.82, 2.24) is 14.9 Å². The summed E-state index contributed by atoms with van der Waals surface area (Å²) in [6.07, 6.45) is 4.52. The highest BCUT2D eigenvalue weighted by Gasteiger charge is 2.40. The number of carbonyl (C=O) groups is 1. The molecular weight excluding hydrogens is 178 g/mol. The number of amides is 1. The highest BCUT2D eigenvalue weighted by atomic mass is 16.2. The van der Waals surface area contributed by atoms with Crippen molar-refractivity contribution >= 4 is 5.91 Å². The van der Waals surface area contributed by atoms with Crippen molar-refractivity contribution in [3.63, 3.8) is 0 Å². The molecule has 0 aromatic carbocycles. The second-order valence-corrected chi connectivity index (χ2v) is 4.05. The predicted octanol–water partition coefficient (Wildman–Crippen LogP) is 1.02. The van der Waals surface area contributed by atoms with Crippen molar-refractivity contribution < 1.29 is 4.79 Å². The van der Waals surface area contributed by atoms with E-state index in [0.717, 1.165) is 12.2 Å². The SMILES string of the molecule is CC1CC1C(=O)N(C)Cc1ncc[nH]1. The maximum atomic E-state index is 11.7. The molecule has 0 aliphatic heterocycles. The summed E-state index contributed by atoms with van der Waals surface area (Å²) < 4.78 is 0. The van der Waals surface area contributed by atoms with Gasteiger partial charge in [0, 0.05) is 25.4 Å². The average molecular weight is 193 g/mol. The molecule has 76 valence electrons. The summed E-state index contributed by atoms with van der Waals surface area (Å²) in [5.74, 6) is 1.92. The van der Waals surface area contributed by atoms with Crippen molar-refractivity contribution in [2.45, 2.75) is 19.9 Å². The zero-order valence-corrected chi connectivity index (χ0v) is 8.53. The minimum atomic E-state index is 0.244. The van der Waals surface area contributed by atoms with Crippen LogP contribution in [0.2, 0.25) is 0 Å². The quantitative estimate of drug-likeness (QED) is 0.779. The Morgan fingerprint density at radius 1 is 1.79 bits per heavy atom. The molecule has 1 heterocycles. The lowest BCUT2D eigenvalue weighted by molar-refractivity contribution is -0.132. The monoisotopic (exact) mass is 193 g/mol. The van der Waals surface area contributed by atoms with Gasteiger partial charge in [-0.2, -0.15) is 0 Å². The molecule has 0 bridgehead atoms. The molecule has 0 radical (unpaired) electrons. The third-order valence-electron chi connectivity index (χ3n) is 2.74. The van der Waals surface area contributed by atoms with Gasteiger partial charge in [-0.15, -0.1) is 0 Å². The summed E-state index contributed by atoms with van der Waals surface area (Å²) >= 11 is 0. The average Bonchev–Trinajstić information content (AvgIpc) is 2.65. The molecule has 1 aromatic heterocycles. The van der Waals surface area contributed by atoms with E-state index in [1.807, 2.05) is 7.05 Å². The molecular formula is C10H15N3O. The normalized spacial score (nSPS) is 24.7. The summed E-state index contributed by atoms with van der Waals surface area (Å²) in [6.45, 7) is 2.69. The van der Waals surface area contributed by atoms with Gasteiger partial charge in [0.2, 0.25) is 5.91 Å². The topological polar surface area (TPSA) is 49.0 Å². The Labute approximate surface area is 83.3 Å².